The van der Waals surface area contributed by atoms with Crippen molar-refractivity contribution in [2.24, 2.45) is 7.05 Å². The van der Waals surface area contributed by atoms with Gasteiger partial charge < -0.3 is 14.5 Å². The van der Waals surface area contributed by atoms with Gasteiger partial charge in [-0.25, -0.2) is 4.98 Å². The molecule has 5 rings (SSSR count). The fraction of sp³-hybridized carbons (Fsp3) is 0.300. The predicted molar refractivity (Wildman–Crippen MR) is 114 cm³/mol. The van der Waals surface area contributed by atoms with Crippen molar-refractivity contribution in [1.29, 1.82) is 0 Å². The van der Waals surface area contributed by atoms with Crippen molar-refractivity contribution in [3.63, 3.8) is 0 Å². The van der Waals surface area contributed by atoms with Gasteiger partial charge in [0.25, 0.3) is 0 Å². The first-order valence-electron chi connectivity index (χ1n) is 10.0. The predicted octanol–water partition coefficient (Wildman–Crippen LogP) is 4.38. The van der Waals surface area contributed by atoms with Gasteiger partial charge in [0.2, 0.25) is 0 Å². The molecular weight excluding hydrogens is 461 g/mol. The molecule has 5 heterocycles. The lowest BCUT2D eigenvalue weighted by Crippen LogP contribution is -2.15. The SMILES string of the molecule is Cn1nccc1Nc1cc(-c2cc3n(c2)CCCn2c(COC(F)(F)F)nnc2-3)c(Cl)cn1. The highest BCUT2D eigenvalue weighted by atomic mass is 35.5. The van der Waals surface area contributed by atoms with E-state index in [1.807, 2.05) is 36.0 Å². The molecule has 4 aromatic rings. The molecule has 0 atom stereocenters. The van der Waals surface area contributed by atoms with E-state index in [2.05, 4.69) is 30.3 Å². The van der Waals surface area contributed by atoms with Gasteiger partial charge in [-0.1, -0.05) is 11.6 Å². The van der Waals surface area contributed by atoms with Gasteiger partial charge in [0.15, 0.2) is 11.6 Å². The molecule has 1 aliphatic heterocycles. The average Bonchev–Trinajstić information content (AvgIpc) is 3.44. The van der Waals surface area contributed by atoms with Gasteiger partial charge in [0.05, 0.1) is 16.9 Å². The molecule has 0 amide bonds. The molecule has 0 fully saturated rings. The van der Waals surface area contributed by atoms with Crippen molar-refractivity contribution >= 4 is 23.2 Å². The van der Waals surface area contributed by atoms with Crippen molar-refractivity contribution in [2.75, 3.05) is 5.32 Å². The fourth-order valence-electron chi connectivity index (χ4n) is 3.80. The van der Waals surface area contributed by atoms with Gasteiger partial charge in [-0.2, -0.15) is 5.10 Å². The van der Waals surface area contributed by atoms with Crippen LogP contribution in [0.15, 0.2) is 36.8 Å². The second-order valence-electron chi connectivity index (χ2n) is 7.50. The lowest BCUT2D eigenvalue weighted by atomic mass is 10.1. The second-order valence-corrected chi connectivity index (χ2v) is 7.91. The van der Waals surface area contributed by atoms with E-state index in [1.165, 1.54) is 0 Å². The lowest BCUT2D eigenvalue weighted by molar-refractivity contribution is -0.331. The first kappa shape index (κ1) is 21.5. The van der Waals surface area contributed by atoms with Gasteiger partial charge >= 0.3 is 6.36 Å². The number of aromatic nitrogens is 7. The molecule has 4 aromatic heterocycles. The summed E-state index contributed by atoms with van der Waals surface area (Å²) in [5, 5.41) is 15.9. The molecule has 0 saturated heterocycles. The maximum Gasteiger partial charge on any atom is 0.522 e. The number of pyridine rings is 1. The molecule has 9 nitrogen and oxygen atoms in total. The van der Waals surface area contributed by atoms with Crippen LogP contribution in [0.3, 0.4) is 0 Å². The van der Waals surface area contributed by atoms with Crippen LogP contribution in [0.25, 0.3) is 22.6 Å². The van der Waals surface area contributed by atoms with Gasteiger partial charge in [-0.05, 0) is 18.6 Å². The van der Waals surface area contributed by atoms with Gasteiger partial charge in [-0.3, -0.25) is 9.42 Å². The molecule has 0 aromatic carbocycles. The Morgan fingerprint density at radius 1 is 1.21 bits per heavy atom. The van der Waals surface area contributed by atoms with Crippen molar-refractivity contribution in [2.45, 2.75) is 32.5 Å². The molecular formula is C20H18ClF3N8O. The monoisotopic (exact) mass is 478 g/mol. The number of nitrogens with zero attached hydrogens (tertiary/aromatic N) is 7. The summed E-state index contributed by atoms with van der Waals surface area (Å²) in [6, 6.07) is 5.55. The minimum atomic E-state index is -4.73. The van der Waals surface area contributed by atoms with E-state index in [4.69, 9.17) is 11.6 Å². The van der Waals surface area contributed by atoms with Gasteiger partial charge in [0, 0.05) is 49.7 Å². The van der Waals surface area contributed by atoms with E-state index < -0.39 is 13.0 Å². The molecule has 0 unspecified atom stereocenters. The molecule has 1 N–H and O–H groups in total. The number of aryl methyl sites for hydroxylation is 2. The third-order valence-corrected chi connectivity index (χ3v) is 5.64. The molecule has 0 spiro atoms. The van der Waals surface area contributed by atoms with E-state index in [0.29, 0.717) is 36.2 Å². The van der Waals surface area contributed by atoms with E-state index in [0.717, 1.165) is 22.6 Å². The molecule has 0 aliphatic carbocycles. The number of nitrogens with one attached hydrogen (secondary N) is 1. The summed E-state index contributed by atoms with van der Waals surface area (Å²) < 4.78 is 46.8. The largest absolute Gasteiger partial charge is 0.522 e. The van der Waals surface area contributed by atoms with Crippen LogP contribution in [0.1, 0.15) is 12.2 Å². The van der Waals surface area contributed by atoms with Crippen LogP contribution in [0.5, 0.6) is 0 Å². The summed E-state index contributed by atoms with van der Waals surface area (Å²) >= 11 is 6.45. The Balaban J connectivity index is 1.48. The molecule has 0 radical (unpaired) electrons. The Morgan fingerprint density at radius 2 is 2.06 bits per heavy atom. The summed E-state index contributed by atoms with van der Waals surface area (Å²) in [7, 11) is 1.81. The normalized spacial score (nSPS) is 13.5. The van der Waals surface area contributed by atoms with Crippen LogP contribution in [0, 0.1) is 0 Å². The summed E-state index contributed by atoms with van der Waals surface area (Å²) in [5.41, 5.74) is 2.32. The summed E-state index contributed by atoms with van der Waals surface area (Å²) in [6.07, 6.45) is 1.15. The smallest absolute Gasteiger partial charge is 0.344 e. The number of ether oxygens (including phenoxy) is 1. The second kappa shape index (κ2) is 8.19. The molecule has 33 heavy (non-hydrogen) atoms. The quantitative estimate of drug-likeness (QED) is 0.458. The van der Waals surface area contributed by atoms with Crippen LogP contribution >= 0.6 is 11.6 Å². The highest BCUT2D eigenvalue weighted by Crippen LogP contribution is 2.35. The topological polar surface area (TPSA) is 87.6 Å². The third kappa shape index (κ3) is 4.31. The Labute approximate surface area is 190 Å². The summed E-state index contributed by atoms with van der Waals surface area (Å²) in [5.74, 6) is 1.97. The summed E-state index contributed by atoms with van der Waals surface area (Å²) in [4.78, 5) is 4.33. The highest BCUT2D eigenvalue weighted by Gasteiger charge is 2.31. The maximum atomic E-state index is 12.5. The number of alkyl halides is 3. The minimum Gasteiger partial charge on any atom is -0.344 e. The van der Waals surface area contributed by atoms with Crippen molar-refractivity contribution in [1.82, 2.24) is 34.1 Å². The van der Waals surface area contributed by atoms with E-state index >= 15 is 0 Å². The standard InChI is InChI=1S/C20H18ClF3N8O/c1-30-17(3-4-26-30)27-16-8-13(14(21)9-25-16)12-7-15-19-29-28-18(11-33-20(22,23)24)32(19)6-2-5-31(15)10-12/h3-4,7-10H,2,5-6,11H2,1H3,(H,25,27). The molecule has 13 heteroatoms. The molecule has 1 aliphatic rings. The maximum absolute atomic E-state index is 12.5. The molecule has 0 bridgehead atoms. The van der Waals surface area contributed by atoms with Crippen molar-refractivity contribution in [3.8, 4) is 22.6 Å². The van der Waals surface area contributed by atoms with Gasteiger partial charge in [-0.15, -0.1) is 23.4 Å². The zero-order valence-corrected chi connectivity index (χ0v) is 18.1. The minimum absolute atomic E-state index is 0.128. The number of fused-ring (bicyclic) bond motifs is 3. The highest BCUT2D eigenvalue weighted by molar-refractivity contribution is 6.33. The Bertz CT molecular complexity index is 1310. The zero-order chi connectivity index (χ0) is 23.2. The van der Waals surface area contributed by atoms with Crippen LogP contribution in [-0.2, 0) is 31.5 Å². The van der Waals surface area contributed by atoms with Gasteiger partial charge in [0.1, 0.15) is 18.2 Å². The van der Waals surface area contributed by atoms with E-state index in [-0.39, 0.29) is 5.82 Å². The third-order valence-electron chi connectivity index (χ3n) is 5.34. The Kier molecular flexibility index (Phi) is 5.33. The Morgan fingerprint density at radius 3 is 2.82 bits per heavy atom. The zero-order valence-electron chi connectivity index (χ0n) is 17.3. The fourth-order valence-corrected chi connectivity index (χ4v) is 4.01. The molecule has 172 valence electrons. The first-order valence-corrected chi connectivity index (χ1v) is 10.4. The van der Waals surface area contributed by atoms with Crippen molar-refractivity contribution < 1.29 is 17.9 Å². The number of hydrogen-bond acceptors (Lipinski definition) is 6. The van der Waals surface area contributed by atoms with Crippen LogP contribution in [0.4, 0.5) is 24.8 Å². The van der Waals surface area contributed by atoms with Crippen LogP contribution < -0.4 is 5.32 Å². The van der Waals surface area contributed by atoms with E-state index in [9.17, 15) is 13.2 Å². The van der Waals surface area contributed by atoms with Crippen molar-refractivity contribution in [3.05, 3.63) is 47.6 Å². The Hall–Kier alpha value is -3.38. The van der Waals surface area contributed by atoms with Crippen LogP contribution in [-0.4, -0.2) is 40.5 Å². The first-order chi connectivity index (χ1) is 15.8. The number of hydrogen-bond donors (Lipinski definition) is 1. The van der Waals surface area contributed by atoms with E-state index in [1.54, 1.807) is 21.6 Å². The number of halogens is 4. The number of rotatable bonds is 5. The lowest BCUT2D eigenvalue weighted by Gasteiger charge is -2.09. The average molecular weight is 479 g/mol. The summed E-state index contributed by atoms with van der Waals surface area (Å²) in [6.45, 7) is 0.467. The van der Waals surface area contributed by atoms with Crippen LogP contribution in [0.2, 0.25) is 5.02 Å². The number of anilines is 2. The molecule has 0 saturated carbocycles.